The first-order valence-electron chi connectivity index (χ1n) is 6.94. The molecule has 106 valence electrons. The SMILES string of the molecule is CCCC(C)NC(=O)c1cc(-c2cccc(C)c2)on1. The molecule has 1 atom stereocenters. The Morgan fingerprint density at radius 2 is 2.20 bits per heavy atom. The number of aryl methyl sites for hydroxylation is 1. The molecule has 0 aliphatic carbocycles. The summed E-state index contributed by atoms with van der Waals surface area (Å²) in [5.41, 5.74) is 2.39. The molecule has 1 aromatic heterocycles. The van der Waals surface area contributed by atoms with Crippen LogP contribution in [0.5, 0.6) is 0 Å². The van der Waals surface area contributed by atoms with Crippen molar-refractivity contribution < 1.29 is 9.32 Å². The maximum absolute atomic E-state index is 12.0. The van der Waals surface area contributed by atoms with E-state index in [2.05, 4.69) is 17.4 Å². The summed E-state index contributed by atoms with van der Waals surface area (Å²) in [5.74, 6) is 0.426. The summed E-state index contributed by atoms with van der Waals surface area (Å²) < 4.78 is 5.26. The van der Waals surface area contributed by atoms with Crippen molar-refractivity contribution in [3.63, 3.8) is 0 Å². The number of carbonyl (C=O) groups is 1. The molecule has 20 heavy (non-hydrogen) atoms. The number of hydrogen-bond acceptors (Lipinski definition) is 3. The van der Waals surface area contributed by atoms with Gasteiger partial charge in [0.15, 0.2) is 11.5 Å². The van der Waals surface area contributed by atoms with Crippen LogP contribution in [0.2, 0.25) is 0 Å². The Kier molecular flexibility index (Phi) is 4.56. The van der Waals surface area contributed by atoms with Crippen LogP contribution in [-0.4, -0.2) is 17.1 Å². The van der Waals surface area contributed by atoms with Crippen LogP contribution in [0.25, 0.3) is 11.3 Å². The standard InChI is InChI=1S/C16H20N2O2/c1-4-6-12(3)17-16(19)14-10-15(20-18-14)13-8-5-7-11(2)9-13/h5,7-10,12H,4,6H2,1-3H3,(H,17,19). The van der Waals surface area contributed by atoms with Gasteiger partial charge in [-0.1, -0.05) is 42.3 Å². The molecule has 2 rings (SSSR count). The van der Waals surface area contributed by atoms with E-state index < -0.39 is 0 Å². The van der Waals surface area contributed by atoms with Crippen molar-refractivity contribution in [2.75, 3.05) is 0 Å². The highest BCUT2D eigenvalue weighted by atomic mass is 16.5. The molecule has 1 N–H and O–H groups in total. The van der Waals surface area contributed by atoms with Crippen LogP contribution >= 0.6 is 0 Å². The van der Waals surface area contributed by atoms with Crippen LogP contribution in [0.1, 0.15) is 42.7 Å². The lowest BCUT2D eigenvalue weighted by molar-refractivity contribution is 0.0929. The van der Waals surface area contributed by atoms with Gasteiger partial charge in [0.25, 0.3) is 5.91 Å². The van der Waals surface area contributed by atoms with Gasteiger partial charge >= 0.3 is 0 Å². The minimum atomic E-state index is -0.186. The molecule has 1 amide bonds. The Bertz CT molecular complexity index is 590. The number of hydrogen-bond donors (Lipinski definition) is 1. The summed E-state index contributed by atoms with van der Waals surface area (Å²) in [5, 5.41) is 6.76. The number of rotatable bonds is 5. The Hall–Kier alpha value is -2.10. The number of nitrogens with one attached hydrogen (secondary N) is 1. The van der Waals surface area contributed by atoms with Crippen LogP contribution in [0.15, 0.2) is 34.9 Å². The quantitative estimate of drug-likeness (QED) is 0.905. The van der Waals surface area contributed by atoms with Crippen molar-refractivity contribution in [2.24, 2.45) is 0 Å². The lowest BCUT2D eigenvalue weighted by atomic mass is 10.1. The summed E-state index contributed by atoms with van der Waals surface area (Å²) >= 11 is 0. The number of aromatic nitrogens is 1. The van der Waals surface area contributed by atoms with Gasteiger partial charge in [0, 0.05) is 17.7 Å². The normalized spacial score (nSPS) is 12.2. The topological polar surface area (TPSA) is 55.1 Å². The maximum Gasteiger partial charge on any atom is 0.273 e. The van der Waals surface area contributed by atoms with Crippen LogP contribution in [0.4, 0.5) is 0 Å². The zero-order chi connectivity index (χ0) is 14.5. The second-order valence-electron chi connectivity index (χ2n) is 5.11. The molecule has 0 saturated heterocycles. The van der Waals surface area contributed by atoms with E-state index in [0.29, 0.717) is 11.5 Å². The van der Waals surface area contributed by atoms with E-state index in [4.69, 9.17) is 4.52 Å². The predicted molar refractivity (Wildman–Crippen MR) is 78.5 cm³/mol. The average molecular weight is 272 g/mol. The van der Waals surface area contributed by atoms with E-state index in [1.54, 1.807) is 6.07 Å². The number of carbonyl (C=O) groups excluding carboxylic acids is 1. The molecule has 0 bridgehead atoms. The molecule has 1 unspecified atom stereocenters. The van der Waals surface area contributed by atoms with Gasteiger partial charge < -0.3 is 9.84 Å². The number of benzene rings is 1. The highest BCUT2D eigenvalue weighted by molar-refractivity contribution is 5.93. The van der Waals surface area contributed by atoms with E-state index in [1.165, 1.54) is 0 Å². The van der Waals surface area contributed by atoms with Gasteiger partial charge in [0.2, 0.25) is 0 Å². The van der Waals surface area contributed by atoms with Gasteiger partial charge in [-0.25, -0.2) is 0 Å². The molecule has 1 aromatic carbocycles. The third kappa shape index (κ3) is 3.47. The molecule has 0 aliphatic heterocycles. The highest BCUT2D eigenvalue weighted by Crippen LogP contribution is 2.21. The largest absolute Gasteiger partial charge is 0.355 e. The van der Waals surface area contributed by atoms with Crippen LogP contribution in [-0.2, 0) is 0 Å². The summed E-state index contributed by atoms with van der Waals surface area (Å²) in [6.07, 6.45) is 1.99. The second-order valence-corrected chi connectivity index (χ2v) is 5.11. The molecular weight excluding hydrogens is 252 g/mol. The monoisotopic (exact) mass is 272 g/mol. The van der Waals surface area contributed by atoms with Crippen LogP contribution in [0.3, 0.4) is 0 Å². The van der Waals surface area contributed by atoms with E-state index in [0.717, 1.165) is 24.0 Å². The van der Waals surface area contributed by atoms with Crippen LogP contribution in [0, 0.1) is 6.92 Å². The summed E-state index contributed by atoms with van der Waals surface area (Å²) in [6.45, 7) is 6.09. The molecule has 1 heterocycles. The fraction of sp³-hybridized carbons (Fsp3) is 0.375. The maximum atomic E-state index is 12.0. The smallest absolute Gasteiger partial charge is 0.273 e. The zero-order valence-electron chi connectivity index (χ0n) is 12.1. The summed E-state index contributed by atoms with van der Waals surface area (Å²) in [7, 11) is 0. The predicted octanol–water partition coefficient (Wildman–Crippen LogP) is 3.57. The Balaban J connectivity index is 2.11. The fourth-order valence-corrected chi connectivity index (χ4v) is 2.12. The van der Waals surface area contributed by atoms with Gasteiger partial charge in [0.05, 0.1) is 0 Å². The lowest BCUT2D eigenvalue weighted by Gasteiger charge is -2.10. The van der Waals surface area contributed by atoms with E-state index >= 15 is 0 Å². The minimum Gasteiger partial charge on any atom is -0.355 e. The van der Waals surface area contributed by atoms with Crippen molar-refractivity contribution >= 4 is 5.91 Å². The third-order valence-electron chi connectivity index (χ3n) is 3.14. The van der Waals surface area contributed by atoms with Gasteiger partial charge in [0.1, 0.15) is 0 Å². The first-order valence-corrected chi connectivity index (χ1v) is 6.94. The molecule has 4 heteroatoms. The number of amides is 1. The van der Waals surface area contributed by atoms with Gasteiger partial charge in [-0.15, -0.1) is 0 Å². The van der Waals surface area contributed by atoms with Crippen LogP contribution < -0.4 is 5.32 Å². The Labute approximate surface area is 119 Å². The van der Waals surface area contributed by atoms with E-state index in [9.17, 15) is 4.79 Å². The molecule has 0 fully saturated rings. The first-order chi connectivity index (χ1) is 9.60. The Morgan fingerprint density at radius 1 is 1.40 bits per heavy atom. The third-order valence-corrected chi connectivity index (χ3v) is 3.14. The zero-order valence-corrected chi connectivity index (χ0v) is 12.1. The molecule has 0 saturated carbocycles. The average Bonchev–Trinajstić information content (AvgIpc) is 2.88. The Morgan fingerprint density at radius 3 is 2.90 bits per heavy atom. The molecule has 0 aliphatic rings. The van der Waals surface area contributed by atoms with Gasteiger partial charge in [-0.3, -0.25) is 4.79 Å². The fourth-order valence-electron chi connectivity index (χ4n) is 2.12. The van der Waals surface area contributed by atoms with E-state index in [-0.39, 0.29) is 11.9 Å². The van der Waals surface area contributed by atoms with Crippen molar-refractivity contribution in [3.05, 3.63) is 41.6 Å². The van der Waals surface area contributed by atoms with Crippen molar-refractivity contribution in [2.45, 2.75) is 39.7 Å². The van der Waals surface area contributed by atoms with Crippen molar-refractivity contribution in [1.82, 2.24) is 10.5 Å². The van der Waals surface area contributed by atoms with Gasteiger partial charge in [-0.05, 0) is 26.3 Å². The summed E-state index contributed by atoms with van der Waals surface area (Å²) in [6, 6.07) is 9.74. The molecule has 4 nitrogen and oxygen atoms in total. The summed E-state index contributed by atoms with van der Waals surface area (Å²) in [4.78, 5) is 12.0. The molecular formula is C16H20N2O2. The molecule has 2 aromatic rings. The lowest BCUT2D eigenvalue weighted by Crippen LogP contribution is -2.32. The first kappa shape index (κ1) is 14.3. The highest BCUT2D eigenvalue weighted by Gasteiger charge is 2.15. The van der Waals surface area contributed by atoms with Gasteiger partial charge in [-0.2, -0.15) is 0 Å². The minimum absolute atomic E-state index is 0.145. The molecule has 0 radical (unpaired) electrons. The van der Waals surface area contributed by atoms with Crippen molar-refractivity contribution in [1.29, 1.82) is 0 Å². The molecule has 0 spiro atoms. The number of nitrogens with zero attached hydrogens (tertiary/aromatic N) is 1. The van der Waals surface area contributed by atoms with Crippen molar-refractivity contribution in [3.8, 4) is 11.3 Å². The van der Waals surface area contributed by atoms with E-state index in [1.807, 2.05) is 38.1 Å². The second kappa shape index (κ2) is 6.37.